The molecule has 0 radical (unpaired) electrons. The number of alkyl halides is 3. The van der Waals surface area contributed by atoms with Gasteiger partial charge in [-0.3, -0.25) is 4.79 Å². The maximum atomic E-state index is 14.2. The average molecular weight is 699 g/mol. The van der Waals surface area contributed by atoms with E-state index in [2.05, 4.69) is 15.5 Å². The summed E-state index contributed by atoms with van der Waals surface area (Å²) in [5.74, 6) is -1.08. The molecule has 2 amide bonds. The molecular formula is C34H33F3N4O7S. The molecule has 3 heterocycles. The lowest BCUT2D eigenvalue weighted by Crippen LogP contribution is -2.51. The molecule has 1 unspecified atom stereocenters. The maximum Gasteiger partial charge on any atom is 0.416 e. The van der Waals surface area contributed by atoms with E-state index in [9.17, 15) is 31.2 Å². The quantitative estimate of drug-likeness (QED) is 0.247. The zero-order valence-electron chi connectivity index (χ0n) is 27.0. The number of anilines is 1. The number of nitrogens with zero attached hydrogens (tertiary/aromatic N) is 3. The van der Waals surface area contributed by atoms with Gasteiger partial charge in [0.2, 0.25) is 11.8 Å². The Bertz CT molecular complexity index is 2000. The van der Waals surface area contributed by atoms with Gasteiger partial charge in [0, 0.05) is 12.0 Å². The number of carbonyl (C=O) groups excluding carboxylic acids is 2. The van der Waals surface area contributed by atoms with Crippen molar-refractivity contribution in [2.75, 3.05) is 17.3 Å². The van der Waals surface area contributed by atoms with Crippen molar-refractivity contribution in [1.82, 2.24) is 15.5 Å². The van der Waals surface area contributed by atoms with E-state index in [0.717, 1.165) is 12.1 Å². The number of hydrogen-bond acceptors (Lipinski definition) is 9. The van der Waals surface area contributed by atoms with Gasteiger partial charge in [-0.1, -0.05) is 36.4 Å². The van der Waals surface area contributed by atoms with Crippen LogP contribution in [0.2, 0.25) is 0 Å². The van der Waals surface area contributed by atoms with E-state index < -0.39 is 56.6 Å². The third-order valence-corrected chi connectivity index (χ3v) is 9.98. The summed E-state index contributed by atoms with van der Waals surface area (Å²) in [5.41, 5.74) is -0.261. The van der Waals surface area contributed by atoms with Crippen LogP contribution in [0.1, 0.15) is 51.1 Å². The number of sulfone groups is 1. The molecule has 1 saturated heterocycles. The van der Waals surface area contributed by atoms with Crippen molar-refractivity contribution in [2.24, 2.45) is 0 Å². The number of fused-ring (bicyclic) bond motifs is 1. The summed E-state index contributed by atoms with van der Waals surface area (Å²) in [6.07, 6.45) is -4.74. The van der Waals surface area contributed by atoms with Gasteiger partial charge in [0.05, 0.1) is 35.1 Å². The zero-order chi connectivity index (χ0) is 35.4. The monoisotopic (exact) mass is 698 g/mol. The standard InChI is InChI=1S/C34H33F3N4O7S/c1-32(2,3)48-31(43)38-25-19-49(44,45)27-14-11-23(28-39-40-30(47-28)33(4)15-16-46-33)17-26(27)41(29(25)42)18-20-5-7-21(8-6-20)22-9-12-24(13-10-22)34(35,36)37/h5-14,17,25H,15-16,18-19H2,1-4H3,(H,38,43)/t25-,33?/m0/s1. The van der Waals surface area contributed by atoms with Crippen LogP contribution in [0.5, 0.6) is 0 Å². The van der Waals surface area contributed by atoms with Crippen LogP contribution in [0, 0.1) is 0 Å². The lowest BCUT2D eigenvalue weighted by molar-refractivity contribution is -0.155. The molecule has 0 spiro atoms. The molecule has 6 rings (SSSR count). The fraction of sp³-hybridized carbons (Fsp3) is 0.353. The van der Waals surface area contributed by atoms with E-state index in [1.165, 1.54) is 35.2 Å². The van der Waals surface area contributed by atoms with Gasteiger partial charge in [-0.05, 0) is 74.7 Å². The van der Waals surface area contributed by atoms with Gasteiger partial charge in [0.25, 0.3) is 5.91 Å². The van der Waals surface area contributed by atoms with Crippen molar-refractivity contribution in [1.29, 1.82) is 0 Å². The number of ether oxygens (including phenoxy) is 2. The minimum Gasteiger partial charge on any atom is -0.444 e. The van der Waals surface area contributed by atoms with Gasteiger partial charge in [0.1, 0.15) is 17.2 Å². The number of alkyl carbamates (subject to hydrolysis) is 1. The highest BCUT2D eigenvalue weighted by Crippen LogP contribution is 2.39. The number of halogens is 3. The summed E-state index contributed by atoms with van der Waals surface area (Å²) in [5, 5.41) is 10.7. The second-order valence-electron chi connectivity index (χ2n) is 13.1. The summed E-state index contributed by atoms with van der Waals surface area (Å²) in [6, 6.07) is 14.3. The van der Waals surface area contributed by atoms with Gasteiger partial charge in [-0.25, -0.2) is 13.2 Å². The SMILES string of the molecule is CC(C)(C)OC(=O)N[C@H]1CS(=O)(=O)c2ccc(-c3nnc(C4(C)CCO4)o3)cc2N(Cc2ccc(-c3ccc(C(F)(F)F)cc3)cc2)C1=O. The topological polar surface area (TPSA) is 141 Å². The summed E-state index contributed by atoms with van der Waals surface area (Å²) < 4.78 is 83.4. The van der Waals surface area contributed by atoms with Crippen LogP contribution in [0.25, 0.3) is 22.6 Å². The Hall–Kier alpha value is -4.76. The smallest absolute Gasteiger partial charge is 0.416 e. The lowest BCUT2D eigenvalue weighted by Gasteiger charge is -2.34. The van der Waals surface area contributed by atoms with Crippen LogP contribution >= 0.6 is 0 Å². The normalized spacial score (nSPS) is 20.6. The van der Waals surface area contributed by atoms with Crippen molar-refractivity contribution in [3.63, 3.8) is 0 Å². The van der Waals surface area contributed by atoms with Gasteiger partial charge >= 0.3 is 12.3 Å². The van der Waals surface area contributed by atoms with Crippen LogP contribution in [-0.2, 0) is 42.4 Å². The number of amides is 2. The Balaban J connectivity index is 1.36. The van der Waals surface area contributed by atoms with Crippen LogP contribution in [-0.4, -0.2) is 54.6 Å². The molecule has 3 aromatic carbocycles. The maximum absolute atomic E-state index is 14.2. The average Bonchev–Trinajstić information content (AvgIpc) is 3.49. The van der Waals surface area contributed by atoms with Crippen molar-refractivity contribution in [2.45, 2.75) is 69.0 Å². The van der Waals surface area contributed by atoms with Gasteiger partial charge in [-0.2, -0.15) is 13.2 Å². The van der Waals surface area contributed by atoms with Crippen molar-refractivity contribution in [3.8, 4) is 22.6 Å². The van der Waals surface area contributed by atoms with E-state index in [-0.39, 0.29) is 28.9 Å². The van der Waals surface area contributed by atoms with Crippen molar-refractivity contribution >= 4 is 27.5 Å². The molecule has 11 nitrogen and oxygen atoms in total. The molecule has 0 bridgehead atoms. The van der Waals surface area contributed by atoms with E-state index in [4.69, 9.17) is 13.9 Å². The molecular weight excluding hydrogens is 665 g/mol. The second kappa shape index (κ2) is 12.3. The third kappa shape index (κ3) is 7.17. The first-order chi connectivity index (χ1) is 22.9. The highest BCUT2D eigenvalue weighted by molar-refractivity contribution is 7.91. The molecule has 1 aromatic heterocycles. The Morgan fingerprint density at radius 1 is 1.00 bits per heavy atom. The molecule has 1 fully saturated rings. The molecule has 49 heavy (non-hydrogen) atoms. The molecule has 15 heteroatoms. The minimum absolute atomic E-state index is 0.0358. The molecule has 0 saturated carbocycles. The van der Waals surface area contributed by atoms with E-state index in [0.29, 0.717) is 35.3 Å². The summed E-state index contributed by atoms with van der Waals surface area (Å²) in [7, 11) is -4.14. The number of benzene rings is 3. The van der Waals surface area contributed by atoms with E-state index in [1.54, 1.807) is 45.0 Å². The predicted octanol–water partition coefficient (Wildman–Crippen LogP) is 6.27. The molecule has 1 N–H and O–H groups in total. The Morgan fingerprint density at radius 2 is 1.61 bits per heavy atom. The minimum atomic E-state index is -4.46. The fourth-order valence-electron chi connectivity index (χ4n) is 5.50. The summed E-state index contributed by atoms with van der Waals surface area (Å²) in [6.45, 7) is 7.15. The lowest BCUT2D eigenvalue weighted by atomic mass is 9.98. The highest BCUT2D eigenvalue weighted by Gasteiger charge is 2.42. The largest absolute Gasteiger partial charge is 0.444 e. The number of rotatable bonds is 6. The van der Waals surface area contributed by atoms with Crippen LogP contribution in [0.15, 0.2) is 76.0 Å². The second-order valence-corrected chi connectivity index (χ2v) is 15.1. The number of hydrogen-bond donors (Lipinski definition) is 1. The zero-order valence-corrected chi connectivity index (χ0v) is 27.8. The Kier molecular flexibility index (Phi) is 8.55. The Labute approximate surface area is 280 Å². The molecule has 2 atom stereocenters. The van der Waals surface area contributed by atoms with Crippen LogP contribution < -0.4 is 10.2 Å². The van der Waals surface area contributed by atoms with Gasteiger partial charge in [0.15, 0.2) is 9.84 Å². The molecule has 2 aliphatic heterocycles. The number of carbonyl (C=O) groups is 2. The predicted molar refractivity (Wildman–Crippen MR) is 171 cm³/mol. The Morgan fingerprint density at radius 3 is 2.18 bits per heavy atom. The first kappa shape index (κ1) is 34.1. The number of nitrogens with one attached hydrogen (secondary N) is 1. The molecule has 2 aliphatic rings. The molecule has 258 valence electrons. The first-order valence-electron chi connectivity index (χ1n) is 15.3. The van der Waals surface area contributed by atoms with Crippen molar-refractivity contribution in [3.05, 3.63) is 83.7 Å². The third-order valence-electron chi connectivity index (χ3n) is 8.19. The van der Waals surface area contributed by atoms with E-state index >= 15 is 0 Å². The first-order valence-corrected chi connectivity index (χ1v) is 17.0. The van der Waals surface area contributed by atoms with Gasteiger partial charge in [-0.15, -0.1) is 10.2 Å². The molecule has 4 aromatic rings. The summed E-state index contributed by atoms with van der Waals surface area (Å²) in [4.78, 5) is 28.0. The number of aromatic nitrogens is 2. The summed E-state index contributed by atoms with van der Waals surface area (Å²) >= 11 is 0. The van der Waals surface area contributed by atoms with Gasteiger partial charge < -0.3 is 24.1 Å². The molecule has 0 aliphatic carbocycles. The highest BCUT2D eigenvalue weighted by atomic mass is 32.2. The fourth-order valence-corrected chi connectivity index (χ4v) is 7.10. The van der Waals surface area contributed by atoms with Crippen molar-refractivity contribution < 1.29 is 45.1 Å². The van der Waals surface area contributed by atoms with E-state index in [1.807, 2.05) is 6.92 Å². The van der Waals surface area contributed by atoms with Crippen LogP contribution in [0.4, 0.5) is 23.7 Å². The van der Waals surface area contributed by atoms with Crippen LogP contribution in [0.3, 0.4) is 0 Å².